The molecule has 35 heavy (non-hydrogen) atoms. The number of aryl methyl sites for hydroxylation is 1. The molecule has 2 aromatic heterocycles. The van der Waals surface area contributed by atoms with Crippen LogP contribution in [0.3, 0.4) is 0 Å². The van der Waals surface area contributed by atoms with Crippen LogP contribution in [0.1, 0.15) is 53.0 Å². The Kier molecular flexibility index (Phi) is 7.59. The third-order valence-corrected chi connectivity index (χ3v) is 6.69. The molecule has 1 aliphatic carbocycles. The van der Waals surface area contributed by atoms with Crippen molar-refractivity contribution in [2.24, 2.45) is 0 Å². The van der Waals surface area contributed by atoms with Crippen LogP contribution in [0.2, 0.25) is 0 Å². The highest BCUT2D eigenvalue weighted by molar-refractivity contribution is 6.04. The second-order valence-electron chi connectivity index (χ2n) is 9.03. The van der Waals surface area contributed by atoms with Gasteiger partial charge in [0.15, 0.2) is 0 Å². The van der Waals surface area contributed by atoms with Crippen molar-refractivity contribution >= 4 is 11.6 Å². The first-order chi connectivity index (χ1) is 17.0. The zero-order valence-corrected chi connectivity index (χ0v) is 20.5. The van der Waals surface area contributed by atoms with Gasteiger partial charge in [0.25, 0.3) is 5.91 Å². The Bertz CT molecular complexity index is 1190. The fraction of sp³-hybridized carbons (Fsp3) is 0.407. The topological polar surface area (TPSA) is 102 Å². The molecule has 2 heterocycles. The average molecular weight is 474 g/mol. The number of pyridine rings is 1. The standard InChI is InChI=1S/C27H31N5O3/c1-19-4-7-22(8-5-19)32-20(2)24(17-30-32)26(33)31-21-6-9-25(29-16-21)27(18-28)12-10-23(11-13-27)35-15-14-34-3/h4-9,16-17,23H,10-15H2,1-3H3,(H,31,33)/t23-,27-. The van der Waals surface area contributed by atoms with E-state index in [4.69, 9.17) is 9.47 Å². The molecular formula is C27H31N5O3. The summed E-state index contributed by atoms with van der Waals surface area (Å²) in [6.07, 6.45) is 6.34. The quantitative estimate of drug-likeness (QED) is 0.483. The van der Waals surface area contributed by atoms with Crippen molar-refractivity contribution in [2.45, 2.75) is 51.0 Å². The summed E-state index contributed by atoms with van der Waals surface area (Å²) in [6.45, 7) is 5.03. The monoisotopic (exact) mass is 473 g/mol. The van der Waals surface area contributed by atoms with Crippen LogP contribution in [0, 0.1) is 25.2 Å². The molecular weight excluding hydrogens is 442 g/mol. The van der Waals surface area contributed by atoms with Crippen LogP contribution < -0.4 is 5.32 Å². The Labute approximate surface area is 205 Å². The number of nitriles is 1. The number of ether oxygens (including phenoxy) is 2. The van der Waals surface area contributed by atoms with E-state index in [2.05, 4.69) is 21.5 Å². The number of nitrogens with one attached hydrogen (secondary N) is 1. The molecule has 1 fully saturated rings. The number of nitrogens with zero attached hydrogens (tertiary/aromatic N) is 4. The Hall–Kier alpha value is -3.54. The molecule has 0 atom stereocenters. The first-order valence-corrected chi connectivity index (χ1v) is 11.9. The summed E-state index contributed by atoms with van der Waals surface area (Å²) < 4.78 is 12.6. The van der Waals surface area contributed by atoms with Crippen LogP contribution in [0.25, 0.3) is 5.69 Å². The molecule has 1 aromatic carbocycles. The Balaban J connectivity index is 1.41. The fourth-order valence-electron chi connectivity index (χ4n) is 4.50. The number of methoxy groups -OCH3 is 1. The highest BCUT2D eigenvalue weighted by Gasteiger charge is 2.38. The van der Waals surface area contributed by atoms with Crippen molar-refractivity contribution in [3.8, 4) is 11.8 Å². The lowest BCUT2D eigenvalue weighted by Crippen LogP contribution is -2.34. The number of rotatable bonds is 8. The van der Waals surface area contributed by atoms with Gasteiger partial charge >= 0.3 is 0 Å². The predicted octanol–water partition coefficient (Wildman–Crippen LogP) is 4.50. The number of anilines is 1. The minimum atomic E-state index is -0.630. The van der Waals surface area contributed by atoms with Gasteiger partial charge in [-0.25, -0.2) is 4.68 Å². The number of benzene rings is 1. The number of aromatic nitrogens is 3. The van der Waals surface area contributed by atoms with Gasteiger partial charge in [0.2, 0.25) is 0 Å². The number of amides is 1. The first kappa shape index (κ1) is 24.6. The summed E-state index contributed by atoms with van der Waals surface area (Å²) in [5.74, 6) is -0.251. The summed E-state index contributed by atoms with van der Waals surface area (Å²) in [6, 6.07) is 14.1. The summed E-state index contributed by atoms with van der Waals surface area (Å²) in [4.78, 5) is 17.5. The fourth-order valence-corrected chi connectivity index (χ4v) is 4.50. The molecule has 8 nitrogen and oxygen atoms in total. The molecule has 0 spiro atoms. The van der Waals surface area contributed by atoms with E-state index in [9.17, 15) is 10.1 Å². The van der Waals surface area contributed by atoms with Gasteiger partial charge < -0.3 is 14.8 Å². The third kappa shape index (κ3) is 5.42. The number of hydrogen-bond donors (Lipinski definition) is 1. The van der Waals surface area contributed by atoms with E-state index in [1.165, 1.54) is 0 Å². The van der Waals surface area contributed by atoms with E-state index in [-0.39, 0.29) is 12.0 Å². The number of carbonyl (C=O) groups excluding carboxylic acids is 1. The minimum Gasteiger partial charge on any atom is -0.382 e. The molecule has 4 rings (SSSR count). The van der Waals surface area contributed by atoms with Crippen molar-refractivity contribution in [1.82, 2.24) is 14.8 Å². The van der Waals surface area contributed by atoms with Crippen LogP contribution in [0.5, 0.6) is 0 Å². The van der Waals surface area contributed by atoms with E-state index >= 15 is 0 Å². The van der Waals surface area contributed by atoms with Crippen molar-refractivity contribution in [3.63, 3.8) is 0 Å². The molecule has 1 aliphatic rings. The van der Waals surface area contributed by atoms with Gasteiger partial charge in [-0.1, -0.05) is 17.7 Å². The van der Waals surface area contributed by atoms with E-state index in [0.29, 0.717) is 37.3 Å². The molecule has 0 bridgehead atoms. The van der Waals surface area contributed by atoms with Crippen LogP contribution in [0.15, 0.2) is 48.8 Å². The van der Waals surface area contributed by atoms with E-state index < -0.39 is 5.41 Å². The lowest BCUT2D eigenvalue weighted by Gasteiger charge is -2.34. The maximum absolute atomic E-state index is 12.9. The molecule has 3 aromatic rings. The highest BCUT2D eigenvalue weighted by Crippen LogP contribution is 2.39. The molecule has 8 heteroatoms. The normalized spacial score (nSPS) is 19.8. The molecule has 0 aliphatic heterocycles. The summed E-state index contributed by atoms with van der Waals surface area (Å²) >= 11 is 0. The second kappa shape index (κ2) is 10.8. The van der Waals surface area contributed by atoms with Gasteiger partial charge in [0, 0.05) is 7.11 Å². The Morgan fingerprint density at radius 3 is 2.51 bits per heavy atom. The third-order valence-electron chi connectivity index (χ3n) is 6.69. The Morgan fingerprint density at radius 1 is 1.14 bits per heavy atom. The molecule has 1 saturated carbocycles. The zero-order valence-electron chi connectivity index (χ0n) is 20.5. The summed E-state index contributed by atoms with van der Waals surface area (Å²) in [5, 5.41) is 17.3. The van der Waals surface area contributed by atoms with Gasteiger partial charge in [0.1, 0.15) is 0 Å². The van der Waals surface area contributed by atoms with Crippen molar-refractivity contribution in [2.75, 3.05) is 25.6 Å². The Morgan fingerprint density at radius 2 is 1.89 bits per heavy atom. The van der Waals surface area contributed by atoms with E-state index in [1.54, 1.807) is 30.3 Å². The van der Waals surface area contributed by atoms with Crippen molar-refractivity contribution in [3.05, 3.63) is 71.3 Å². The molecule has 1 N–H and O–H groups in total. The van der Waals surface area contributed by atoms with Crippen LogP contribution in [-0.2, 0) is 14.9 Å². The smallest absolute Gasteiger partial charge is 0.259 e. The SMILES string of the molecule is COCCO[C@H]1CC[C@](C#N)(c2ccc(NC(=O)c3cnn(-c4ccc(C)cc4)c3C)cn2)CC1. The highest BCUT2D eigenvalue weighted by atomic mass is 16.5. The molecule has 182 valence electrons. The van der Waals surface area contributed by atoms with Gasteiger partial charge in [0.05, 0.1) is 71.5 Å². The molecule has 1 amide bonds. The van der Waals surface area contributed by atoms with Crippen LogP contribution in [0.4, 0.5) is 5.69 Å². The van der Waals surface area contributed by atoms with Gasteiger partial charge in [-0.3, -0.25) is 9.78 Å². The van der Waals surface area contributed by atoms with E-state index in [0.717, 1.165) is 35.5 Å². The summed E-state index contributed by atoms with van der Waals surface area (Å²) in [5.41, 5.74) is 3.99. The van der Waals surface area contributed by atoms with Gasteiger partial charge in [-0.05, 0) is 63.8 Å². The minimum absolute atomic E-state index is 0.147. The van der Waals surface area contributed by atoms with Crippen LogP contribution >= 0.6 is 0 Å². The average Bonchev–Trinajstić information content (AvgIpc) is 3.27. The lowest BCUT2D eigenvalue weighted by atomic mass is 9.72. The molecule has 0 radical (unpaired) electrons. The maximum Gasteiger partial charge on any atom is 0.259 e. The zero-order chi connectivity index (χ0) is 24.8. The van der Waals surface area contributed by atoms with Crippen molar-refractivity contribution in [1.29, 1.82) is 5.26 Å². The van der Waals surface area contributed by atoms with Crippen molar-refractivity contribution < 1.29 is 14.3 Å². The maximum atomic E-state index is 12.9. The van der Waals surface area contributed by atoms with Gasteiger partial charge in [-0.2, -0.15) is 10.4 Å². The lowest BCUT2D eigenvalue weighted by molar-refractivity contribution is -0.00749. The van der Waals surface area contributed by atoms with Crippen LogP contribution in [-0.4, -0.2) is 47.1 Å². The predicted molar refractivity (Wildman–Crippen MR) is 133 cm³/mol. The largest absolute Gasteiger partial charge is 0.382 e. The number of hydrogen-bond acceptors (Lipinski definition) is 6. The first-order valence-electron chi connectivity index (χ1n) is 11.9. The number of carbonyl (C=O) groups is 1. The molecule has 0 saturated heterocycles. The van der Waals surface area contributed by atoms with E-state index in [1.807, 2.05) is 44.2 Å². The second-order valence-corrected chi connectivity index (χ2v) is 9.03. The summed E-state index contributed by atoms with van der Waals surface area (Å²) in [7, 11) is 1.65. The molecule has 0 unspecified atom stereocenters. The van der Waals surface area contributed by atoms with Gasteiger partial charge in [-0.15, -0.1) is 0 Å².